The minimum atomic E-state index is -0.264. The summed E-state index contributed by atoms with van der Waals surface area (Å²) in [6, 6.07) is 197. The van der Waals surface area contributed by atoms with Crippen LogP contribution in [0.2, 0.25) is 0 Å². The first-order valence-corrected chi connectivity index (χ1v) is 50.4. The highest BCUT2D eigenvalue weighted by Crippen LogP contribution is 2.62. The van der Waals surface area contributed by atoms with Crippen LogP contribution in [-0.2, 0) is 16.2 Å². The van der Waals surface area contributed by atoms with E-state index in [4.69, 9.17) is 0 Å². The molecule has 23 aromatic rings. The number of rotatable bonds is 19. The molecule has 145 heavy (non-hydrogen) atoms. The Balaban J connectivity index is 0.000000117. The summed E-state index contributed by atoms with van der Waals surface area (Å²) in [5.74, 6) is 0. The first kappa shape index (κ1) is 89.5. The molecule has 26 rings (SSSR count). The number of hydrogen-bond donors (Lipinski definition) is 0. The van der Waals surface area contributed by atoms with Crippen LogP contribution >= 0.6 is 0 Å². The minimum absolute atomic E-state index is 0.199. The van der Waals surface area contributed by atoms with Gasteiger partial charge < -0.3 is 29.4 Å². The van der Waals surface area contributed by atoms with E-state index in [0.29, 0.717) is 0 Å². The van der Waals surface area contributed by atoms with E-state index < -0.39 is 0 Å². The predicted octanol–water partition coefficient (Wildman–Crippen LogP) is 39.1. The van der Waals surface area contributed by atoms with Gasteiger partial charge in [-0.15, -0.1) is 0 Å². The van der Waals surface area contributed by atoms with E-state index in [0.717, 1.165) is 85.3 Å². The Bertz CT molecular complexity index is 8250. The maximum absolute atomic E-state index is 2.47. The van der Waals surface area contributed by atoms with Gasteiger partial charge in [0.15, 0.2) is 0 Å². The predicted molar refractivity (Wildman–Crippen MR) is 616 cm³/mol. The van der Waals surface area contributed by atoms with Crippen LogP contribution in [0.5, 0.6) is 0 Å². The second-order valence-electron chi connectivity index (χ2n) is 39.4. The van der Waals surface area contributed by atoms with Crippen molar-refractivity contribution in [3.05, 3.63) is 579 Å². The largest absolute Gasteiger partial charge is 0.311 e. The van der Waals surface area contributed by atoms with Gasteiger partial charge in [-0.2, -0.15) is 0 Å². The van der Waals surface area contributed by atoms with Gasteiger partial charge in [-0.1, -0.05) is 381 Å². The van der Waals surface area contributed by atoms with Crippen molar-refractivity contribution in [1.82, 2.24) is 0 Å². The molecule has 0 amide bonds. The molecule has 3 aliphatic rings. The summed E-state index contributed by atoms with van der Waals surface area (Å²) in [6.07, 6.45) is 0. The zero-order valence-corrected chi connectivity index (χ0v) is 82.1. The van der Waals surface area contributed by atoms with Gasteiger partial charge in [0.2, 0.25) is 0 Å². The Kier molecular flexibility index (Phi) is 23.3. The van der Waals surface area contributed by atoms with Crippen molar-refractivity contribution >= 4 is 145 Å². The lowest BCUT2D eigenvalue weighted by molar-refractivity contribution is 0.661. The number of hydrogen-bond acceptors (Lipinski definition) is 6. The fourth-order valence-corrected chi connectivity index (χ4v) is 22.9. The van der Waals surface area contributed by atoms with E-state index in [2.05, 4.69) is 617 Å². The molecule has 0 fully saturated rings. The quantitative estimate of drug-likeness (QED) is 0.0798. The van der Waals surface area contributed by atoms with Crippen LogP contribution in [0.25, 0.3) is 87.6 Å². The molecule has 0 saturated carbocycles. The fraction of sp³-hybridized carbons (Fsp3) is 0.0647. The summed E-state index contributed by atoms with van der Waals surface area (Å²) in [5, 5.41) is 10.1. The molecule has 0 heterocycles. The molecule has 6 heteroatoms. The topological polar surface area (TPSA) is 19.4 Å². The van der Waals surface area contributed by atoms with Crippen LogP contribution in [0.15, 0.2) is 546 Å². The molecule has 23 aromatic carbocycles. The molecule has 0 bridgehead atoms. The van der Waals surface area contributed by atoms with E-state index in [1.54, 1.807) is 0 Å². The monoisotopic (exact) mass is 1860 g/mol. The highest BCUT2D eigenvalue weighted by atomic mass is 15.2. The summed E-state index contributed by atoms with van der Waals surface area (Å²) in [5.41, 5.74) is 38.6. The molecule has 0 radical (unpaired) electrons. The van der Waals surface area contributed by atoms with Crippen molar-refractivity contribution in [2.75, 3.05) is 29.4 Å². The molecule has 0 saturated heterocycles. The Morgan fingerprint density at radius 3 is 0.566 bits per heavy atom. The molecular weight excluding hydrogens is 1750 g/mol. The van der Waals surface area contributed by atoms with Crippen molar-refractivity contribution in [3.63, 3.8) is 0 Å². The third-order valence-corrected chi connectivity index (χ3v) is 29.8. The molecule has 3 aliphatic carbocycles. The number of anilines is 18. The second-order valence-corrected chi connectivity index (χ2v) is 39.4. The highest BCUT2D eigenvalue weighted by Gasteiger charge is 2.43. The first-order chi connectivity index (χ1) is 71.3. The second kappa shape index (κ2) is 37.8. The number of benzene rings is 23. The van der Waals surface area contributed by atoms with Crippen molar-refractivity contribution < 1.29 is 0 Å². The van der Waals surface area contributed by atoms with E-state index in [-0.39, 0.29) is 16.2 Å². The zero-order chi connectivity index (χ0) is 97.7. The van der Waals surface area contributed by atoms with Gasteiger partial charge in [0.25, 0.3) is 0 Å². The van der Waals surface area contributed by atoms with Gasteiger partial charge in [0.1, 0.15) is 0 Å². The lowest BCUT2D eigenvalue weighted by atomic mass is 9.80. The van der Waals surface area contributed by atoms with E-state index in [1.807, 2.05) is 0 Å². The van der Waals surface area contributed by atoms with Crippen LogP contribution in [0, 0.1) is 0 Å². The molecule has 0 atom stereocenters. The standard InChI is InChI=1S/C49H38N2.C47H36N2.C43H34N2/c1-49(2)46-33-41(51(38-21-11-5-12-22-38)39-23-13-6-14-24-39)31-32-44(46)48-43-26-16-15-25-42(43)45(34-47(48)49)35-27-29-40(30-28-35)50(36-17-7-3-8-18-36)37-19-9-4-10-20-37;1-47(2)41-31-43(48(33-19-7-3-8-20-33)34-21-9-4-10-22-34)37-27-15-17-29-39(37)45(41)46-40-30-18-16-28-38(40)44(32-42(46)47)49(35-23-11-5-12-24-35)36-25-13-6-14-26-36;1-43(2)39-29-35(44(31-17-7-3-8-18-31)32-19-9-4-10-20-32)27-28-38(39)42-37-26-16-15-25-36(37)41(30-40(42)43)45(33-21-11-5-12-22-33)34-23-13-6-14-24-34/h3-34H,1-2H3;3-32H,1-2H3;3-30H,1-2H3. The average Bonchev–Trinajstić information content (AvgIpc) is 1.53. The Morgan fingerprint density at radius 1 is 0.124 bits per heavy atom. The molecule has 0 unspecified atom stereocenters. The molecule has 0 aromatic heterocycles. The Morgan fingerprint density at radius 2 is 0.303 bits per heavy atom. The summed E-state index contributed by atoms with van der Waals surface area (Å²) in [4.78, 5) is 14.3. The van der Waals surface area contributed by atoms with Gasteiger partial charge in [0.05, 0.1) is 17.1 Å². The van der Waals surface area contributed by atoms with E-state index in [9.17, 15) is 0 Å². The Hall–Kier alpha value is -18.1. The molecule has 0 aliphatic heterocycles. The summed E-state index contributed by atoms with van der Waals surface area (Å²) >= 11 is 0. The van der Waals surface area contributed by atoms with Crippen LogP contribution in [0.1, 0.15) is 74.9 Å². The summed E-state index contributed by atoms with van der Waals surface area (Å²) in [7, 11) is 0. The van der Waals surface area contributed by atoms with Crippen molar-refractivity contribution in [2.24, 2.45) is 0 Å². The SMILES string of the molecule is CC1(C)c2cc(N(c3ccccc3)c3ccccc3)c3ccccc3c2-c2c1cc(N(c1ccccc1)c1ccccc1)c1ccccc21.CC1(C)c2cc(N(c3ccccc3)c3ccccc3)ccc2-c2c1cc(-c1ccc(N(c3ccccc3)c3ccccc3)cc1)c1ccccc21.CC1(C)c2cc(N(c3ccccc3)c3ccccc3)ccc2-c2c1cc(N(c1ccccc1)c1ccccc1)c1ccccc21. The fourth-order valence-electron chi connectivity index (χ4n) is 22.9. The summed E-state index contributed by atoms with van der Waals surface area (Å²) in [6.45, 7) is 14.3. The van der Waals surface area contributed by atoms with Crippen LogP contribution in [0.3, 0.4) is 0 Å². The van der Waals surface area contributed by atoms with E-state index in [1.165, 1.54) is 138 Å². The van der Waals surface area contributed by atoms with Crippen LogP contribution in [-0.4, -0.2) is 0 Å². The third-order valence-electron chi connectivity index (χ3n) is 29.8. The van der Waals surface area contributed by atoms with Gasteiger partial charge >= 0.3 is 0 Å². The maximum atomic E-state index is 2.47. The lowest BCUT2D eigenvalue weighted by Crippen LogP contribution is -2.18. The number of fused-ring (bicyclic) bond motifs is 17. The molecule has 0 spiro atoms. The average molecular weight is 1860 g/mol. The first-order valence-electron chi connectivity index (χ1n) is 50.4. The molecular formula is C139H108N6. The number of para-hydroxylation sites is 12. The zero-order valence-electron chi connectivity index (χ0n) is 82.1. The molecule has 0 N–H and O–H groups in total. The highest BCUT2D eigenvalue weighted by molar-refractivity contribution is 6.19. The smallest absolute Gasteiger partial charge is 0.0543 e. The van der Waals surface area contributed by atoms with Gasteiger partial charge in [0, 0.05) is 118 Å². The molecule has 6 nitrogen and oxygen atoms in total. The van der Waals surface area contributed by atoms with Crippen molar-refractivity contribution in [2.45, 2.75) is 57.8 Å². The maximum Gasteiger partial charge on any atom is 0.0543 e. The van der Waals surface area contributed by atoms with Gasteiger partial charge in [-0.05, 0) is 311 Å². The Labute approximate surface area is 850 Å². The van der Waals surface area contributed by atoms with Crippen LogP contribution < -0.4 is 29.4 Å². The normalized spacial score (nSPS) is 12.8. The minimum Gasteiger partial charge on any atom is -0.311 e. The van der Waals surface area contributed by atoms with Gasteiger partial charge in [-0.25, -0.2) is 0 Å². The lowest BCUT2D eigenvalue weighted by Gasteiger charge is -2.30. The third kappa shape index (κ3) is 16.2. The number of nitrogens with zero attached hydrogens (tertiary/aromatic N) is 6. The van der Waals surface area contributed by atoms with Crippen molar-refractivity contribution in [3.8, 4) is 44.5 Å². The summed E-state index contributed by atoms with van der Waals surface area (Å²) < 4.78 is 0. The van der Waals surface area contributed by atoms with Crippen molar-refractivity contribution in [1.29, 1.82) is 0 Å². The van der Waals surface area contributed by atoms with E-state index >= 15 is 0 Å². The van der Waals surface area contributed by atoms with Gasteiger partial charge in [-0.3, -0.25) is 0 Å². The molecule has 694 valence electrons. The van der Waals surface area contributed by atoms with Crippen LogP contribution in [0.4, 0.5) is 102 Å².